The Hall–Kier alpha value is -3.47. The molecule has 1 atom stereocenters. The summed E-state index contributed by atoms with van der Waals surface area (Å²) in [5.74, 6) is -2.58. The molecule has 3 rings (SSSR count). The zero-order valence-corrected chi connectivity index (χ0v) is 16.0. The number of halogens is 5. The Kier molecular flexibility index (Phi) is 6.54. The maximum Gasteiger partial charge on any atom is 0.573 e. The van der Waals surface area contributed by atoms with Crippen molar-refractivity contribution in [3.63, 3.8) is 0 Å². The van der Waals surface area contributed by atoms with Crippen LogP contribution in [0.15, 0.2) is 48.5 Å². The zero-order valence-electron chi connectivity index (χ0n) is 16.0. The van der Waals surface area contributed by atoms with Gasteiger partial charge in [0.2, 0.25) is 5.95 Å². The smallest absolute Gasteiger partial charge is 0.406 e. The molecular formula is C20H17F5N4O2. The maximum absolute atomic E-state index is 14.0. The number of aromatic nitrogens is 2. The Labute approximate surface area is 173 Å². The molecule has 1 aromatic heterocycles. The van der Waals surface area contributed by atoms with Gasteiger partial charge in [0.05, 0.1) is 18.0 Å². The molecule has 2 aromatic carbocycles. The van der Waals surface area contributed by atoms with Gasteiger partial charge < -0.3 is 20.5 Å². The van der Waals surface area contributed by atoms with Crippen LogP contribution in [0, 0.1) is 11.6 Å². The van der Waals surface area contributed by atoms with Gasteiger partial charge in [-0.3, -0.25) is 0 Å². The lowest BCUT2D eigenvalue weighted by molar-refractivity contribution is -0.274. The topological polar surface area (TPSA) is 79.3 Å². The Bertz CT molecular complexity index is 1060. The molecule has 0 radical (unpaired) electrons. The van der Waals surface area contributed by atoms with Gasteiger partial charge in [-0.05, 0) is 31.2 Å². The summed E-state index contributed by atoms with van der Waals surface area (Å²) in [5.41, 5.74) is 0.237. The van der Waals surface area contributed by atoms with Crippen molar-refractivity contribution in [2.24, 2.45) is 0 Å². The van der Waals surface area contributed by atoms with Gasteiger partial charge in [0.25, 0.3) is 0 Å². The number of nitrogens with one attached hydrogen (secondary N) is 2. The largest absolute Gasteiger partial charge is 0.573 e. The lowest BCUT2D eigenvalue weighted by Gasteiger charge is -2.15. The Balaban J connectivity index is 2.01. The van der Waals surface area contributed by atoms with Gasteiger partial charge in [-0.15, -0.1) is 13.2 Å². The molecule has 0 amide bonds. The van der Waals surface area contributed by atoms with E-state index in [-0.39, 0.29) is 35.3 Å². The summed E-state index contributed by atoms with van der Waals surface area (Å²) in [6, 6.07) is 9.55. The number of ether oxygens (including phenoxy) is 1. The van der Waals surface area contributed by atoms with Crippen molar-refractivity contribution in [2.75, 3.05) is 17.2 Å². The van der Waals surface area contributed by atoms with Gasteiger partial charge in [-0.1, -0.05) is 18.2 Å². The predicted octanol–water partition coefficient (Wildman–Crippen LogP) is 4.86. The number of aliphatic hydroxyl groups is 1. The number of hydrogen-bond donors (Lipinski definition) is 3. The average Bonchev–Trinajstić information content (AvgIpc) is 2.70. The number of rotatable bonds is 7. The second kappa shape index (κ2) is 9.13. The summed E-state index contributed by atoms with van der Waals surface area (Å²) >= 11 is 0. The van der Waals surface area contributed by atoms with Crippen LogP contribution in [0.1, 0.15) is 6.92 Å². The quantitative estimate of drug-likeness (QED) is 0.456. The number of anilines is 3. The summed E-state index contributed by atoms with van der Waals surface area (Å²) in [6.07, 6.45) is -4.87. The molecule has 11 heteroatoms. The molecule has 0 saturated heterocycles. The van der Waals surface area contributed by atoms with E-state index in [4.69, 9.17) is 0 Å². The number of hydrogen-bond acceptors (Lipinski definition) is 6. The van der Waals surface area contributed by atoms with Gasteiger partial charge in [0, 0.05) is 17.7 Å². The first-order valence-electron chi connectivity index (χ1n) is 8.98. The van der Waals surface area contributed by atoms with Crippen molar-refractivity contribution in [1.82, 2.24) is 9.97 Å². The van der Waals surface area contributed by atoms with Crippen molar-refractivity contribution in [2.45, 2.75) is 19.3 Å². The standard InChI is InChI=1S/C20H17F5N4O2/c1-11(10-30)26-19-28-16(12-4-2-5-13(8-12)31-20(23,24)25)9-17(29-19)27-15-7-3-6-14(21)18(15)22/h2-9,11,30H,10H2,1H3,(H2,26,27,28,29)/t11-/m1/s1. The molecule has 3 aromatic rings. The van der Waals surface area contributed by atoms with E-state index in [1.54, 1.807) is 6.92 Å². The molecule has 31 heavy (non-hydrogen) atoms. The minimum absolute atomic E-state index is 0.0144. The SMILES string of the molecule is C[C@H](CO)Nc1nc(Nc2cccc(F)c2F)cc(-c2cccc(OC(F)(F)F)c2)n1. The molecule has 164 valence electrons. The van der Waals surface area contributed by atoms with Gasteiger partial charge >= 0.3 is 6.36 Å². The third kappa shape index (κ3) is 6.01. The van der Waals surface area contributed by atoms with E-state index in [0.29, 0.717) is 0 Å². The fourth-order valence-corrected chi connectivity index (χ4v) is 2.58. The molecule has 0 fully saturated rings. The molecule has 0 bridgehead atoms. The lowest BCUT2D eigenvalue weighted by Crippen LogP contribution is -2.21. The highest BCUT2D eigenvalue weighted by Gasteiger charge is 2.31. The van der Waals surface area contributed by atoms with E-state index in [9.17, 15) is 27.1 Å². The third-order valence-corrected chi connectivity index (χ3v) is 3.95. The van der Waals surface area contributed by atoms with Crippen molar-refractivity contribution in [3.05, 3.63) is 60.2 Å². The van der Waals surface area contributed by atoms with Crippen LogP contribution in [0.5, 0.6) is 5.75 Å². The minimum atomic E-state index is -4.87. The summed E-state index contributed by atoms with van der Waals surface area (Å²) < 4.78 is 69.1. The molecular weight excluding hydrogens is 423 g/mol. The Morgan fingerprint density at radius 3 is 2.52 bits per heavy atom. The van der Waals surface area contributed by atoms with Crippen LogP contribution in [0.3, 0.4) is 0 Å². The zero-order chi connectivity index (χ0) is 22.6. The lowest BCUT2D eigenvalue weighted by atomic mass is 10.1. The maximum atomic E-state index is 14.0. The van der Waals surface area contributed by atoms with Crippen molar-refractivity contribution >= 4 is 17.5 Å². The van der Waals surface area contributed by atoms with Gasteiger partial charge in [0.1, 0.15) is 11.6 Å². The van der Waals surface area contributed by atoms with E-state index in [0.717, 1.165) is 18.2 Å². The van der Waals surface area contributed by atoms with Crippen LogP contribution < -0.4 is 15.4 Å². The fraction of sp³-hybridized carbons (Fsp3) is 0.200. The molecule has 3 N–H and O–H groups in total. The molecule has 1 heterocycles. The van der Waals surface area contributed by atoms with Crippen LogP contribution in [0.2, 0.25) is 0 Å². The van der Waals surface area contributed by atoms with Gasteiger partial charge in [-0.25, -0.2) is 13.8 Å². The van der Waals surface area contributed by atoms with Crippen molar-refractivity contribution in [3.8, 4) is 17.0 Å². The summed E-state index contributed by atoms with van der Waals surface area (Å²) in [7, 11) is 0. The highest BCUT2D eigenvalue weighted by atomic mass is 19.4. The second-order valence-corrected chi connectivity index (χ2v) is 6.49. The monoisotopic (exact) mass is 440 g/mol. The van der Waals surface area contributed by atoms with Crippen LogP contribution in [0.4, 0.5) is 39.4 Å². The molecule has 0 saturated carbocycles. The van der Waals surface area contributed by atoms with Crippen LogP contribution >= 0.6 is 0 Å². The van der Waals surface area contributed by atoms with Crippen LogP contribution in [0.25, 0.3) is 11.3 Å². The summed E-state index contributed by atoms with van der Waals surface area (Å²) in [5, 5.41) is 14.7. The minimum Gasteiger partial charge on any atom is -0.406 e. The van der Waals surface area contributed by atoms with E-state index in [2.05, 4.69) is 25.3 Å². The van der Waals surface area contributed by atoms with Gasteiger partial charge in [0.15, 0.2) is 11.6 Å². The molecule has 0 aliphatic heterocycles. The van der Waals surface area contributed by atoms with E-state index >= 15 is 0 Å². The van der Waals surface area contributed by atoms with Crippen molar-refractivity contribution in [1.29, 1.82) is 0 Å². The third-order valence-electron chi connectivity index (χ3n) is 3.95. The average molecular weight is 440 g/mol. The fourth-order valence-electron chi connectivity index (χ4n) is 2.58. The van der Waals surface area contributed by atoms with E-state index < -0.39 is 29.8 Å². The second-order valence-electron chi connectivity index (χ2n) is 6.49. The first kappa shape index (κ1) is 22.2. The highest BCUT2D eigenvalue weighted by molar-refractivity contribution is 5.68. The predicted molar refractivity (Wildman–Crippen MR) is 104 cm³/mol. The normalized spacial score (nSPS) is 12.4. The van der Waals surface area contributed by atoms with Crippen molar-refractivity contribution < 1.29 is 31.8 Å². The summed E-state index contributed by atoms with van der Waals surface area (Å²) in [6.45, 7) is 1.40. The summed E-state index contributed by atoms with van der Waals surface area (Å²) in [4.78, 5) is 8.38. The molecule has 0 aliphatic rings. The first-order valence-corrected chi connectivity index (χ1v) is 8.98. The van der Waals surface area contributed by atoms with Crippen LogP contribution in [-0.2, 0) is 0 Å². The van der Waals surface area contributed by atoms with E-state index in [1.807, 2.05) is 0 Å². The Morgan fingerprint density at radius 2 is 1.81 bits per heavy atom. The molecule has 0 unspecified atom stereocenters. The number of aliphatic hydroxyl groups excluding tert-OH is 1. The van der Waals surface area contributed by atoms with Crippen LogP contribution in [-0.4, -0.2) is 34.1 Å². The highest BCUT2D eigenvalue weighted by Crippen LogP contribution is 2.30. The Morgan fingerprint density at radius 1 is 1.06 bits per heavy atom. The number of nitrogens with zero attached hydrogens (tertiary/aromatic N) is 2. The molecule has 0 aliphatic carbocycles. The number of benzene rings is 2. The molecule has 6 nitrogen and oxygen atoms in total. The van der Waals surface area contributed by atoms with Gasteiger partial charge in [-0.2, -0.15) is 4.98 Å². The molecule has 0 spiro atoms. The van der Waals surface area contributed by atoms with E-state index in [1.165, 1.54) is 30.3 Å². The number of alkyl halides is 3. The first-order chi connectivity index (χ1) is 14.6.